The zero-order valence-electron chi connectivity index (χ0n) is 12.1. The molecule has 0 fully saturated rings. The summed E-state index contributed by atoms with van der Waals surface area (Å²) in [7, 11) is 0. The fraction of sp³-hybridized carbons (Fsp3) is 0.400. The second-order valence-electron chi connectivity index (χ2n) is 4.75. The highest BCUT2D eigenvalue weighted by Gasteiger charge is 2.07. The van der Waals surface area contributed by atoms with Crippen LogP contribution in [-0.2, 0) is 0 Å². The maximum Gasteiger partial charge on any atom is 0.193 e. The Bertz CT molecular complexity index is 542. The predicted octanol–water partition coefficient (Wildman–Crippen LogP) is 3.39. The molecule has 2 heterocycles. The van der Waals surface area contributed by atoms with Gasteiger partial charge in [0.05, 0.1) is 0 Å². The van der Waals surface area contributed by atoms with Crippen LogP contribution in [0.4, 0.5) is 0 Å². The van der Waals surface area contributed by atoms with Gasteiger partial charge in [-0.2, -0.15) is 0 Å². The molecule has 1 N–H and O–H groups in total. The van der Waals surface area contributed by atoms with E-state index in [1.54, 1.807) is 0 Å². The van der Waals surface area contributed by atoms with Crippen LogP contribution in [0.3, 0.4) is 0 Å². The Morgan fingerprint density at radius 2 is 2.00 bits per heavy atom. The molecule has 2 rings (SSSR count). The largest absolute Gasteiger partial charge is 0.310 e. The van der Waals surface area contributed by atoms with Gasteiger partial charge in [0.1, 0.15) is 5.03 Å². The molecule has 0 aromatic carbocycles. The van der Waals surface area contributed by atoms with Crippen molar-refractivity contribution in [2.24, 2.45) is 0 Å². The van der Waals surface area contributed by atoms with Crippen molar-refractivity contribution in [1.29, 1.82) is 0 Å². The molecule has 1 atom stereocenters. The minimum Gasteiger partial charge on any atom is -0.310 e. The second-order valence-corrected chi connectivity index (χ2v) is 5.74. The third kappa shape index (κ3) is 4.28. The summed E-state index contributed by atoms with van der Waals surface area (Å²) in [5, 5.41) is 5.14. The number of nitrogens with zero attached hydrogens (tertiary/aromatic N) is 3. The van der Waals surface area contributed by atoms with Crippen LogP contribution < -0.4 is 5.32 Å². The fourth-order valence-electron chi connectivity index (χ4n) is 1.76. The quantitative estimate of drug-likeness (QED) is 0.826. The number of nitrogens with one attached hydrogen (secondary N) is 1. The van der Waals surface area contributed by atoms with Crippen LogP contribution in [0.25, 0.3) is 0 Å². The van der Waals surface area contributed by atoms with Gasteiger partial charge < -0.3 is 5.32 Å². The van der Waals surface area contributed by atoms with Gasteiger partial charge >= 0.3 is 0 Å². The minimum atomic E-state index is 0.330. The van der Waals surface area contributed by atoms with Crippen molar-refractivity contribution in [3.63, 3.8) is 0 Å². The van der Waals surface area contributed by atoms with Gasteiger partial charge in [0.15, 0.2) is 5.16 Å². The monoisotopic (exact) mass is 288 g/mol. The van der Waals surface area contributed by atoms with Crippen LogP contribution in [0.1, 0.15) is 37.4 Å². The average Bonchev–Trinajstić information content (AvgIpc) is 2.47. The van der Waals surface area contributed by atoms with Gasteiger partial charge in [0.25, 0.3) is 0 Å². The highest BCUT2D eigenvalue weighted by molar-refractivity contribution is 7.99. The summed E-state index contributed by atoms with van der Waals surface area (Å²) in [6.07, 6.45) is 6.62. The maximum absolute atomic E-state index is 4.37. The van der Waals surface area contributed by atoms with Crippen molar-refractivity contribution < 1.29 is 0 Å². The molecule has 20 heavy (non-hydrogen) atoms. The van der Waals surface area contributed by atoms with Crippen molar-refractivity contribution in [1.82, 2.24) is 20.3 Å². The molecule has 5 heteroatoms. The molecule has 2 aromatic rings. The van der Waals surface area contributed by atoms with Crippen LogP contribution in [-0.4, -0.2) is 21.5 Å². The van der Waals surface area contributed by atoms with E-state index in [4.69, 9.17) is 0 Å². The summed E-state index contributed by atoms with van der Waals surface area (Å²) in [5.74, 6) is 0. The summed E-state index contributed by atoms with van der Waals surface area (Å²) in [6, 6.07) is 4.48. The Labute approximate surface area is 124 Å². The topological polar surface area (TPSA) is 50.7 Å². The fourth-order valence-corrected chi connectivity index (χ4v) is 2.46. The summed E-state index contributed by atoms with van der Waals surface area (Å²) in [6.45, 7) is 7.34. The first-order valence-electron chi connectivity index (χ1n) is 6.85. The first-order chi connectivity index (χ1) is 9.69. The second kappa shape index (κ2) is 7.36. The highest BCUT2D eigenvalue weighted by Crippen LogP contribution is 2.24. The standard InChI is InChI=1S/C15H20N4S/c1-4-6-16-12(3)13-5-7-17-14(8-13)20-15-18-9-11(2)10-19-15/h5,7-10,12,16H,4,6H2,1-3H3. The number of aryl methyl sites for hydroxylation is 1. The van der Waals surface area contributed by atoms with E-state index in [9.17, 15) is 0 Å². The van der Waals surface area contributed by atoms with Crippen molar-refractivity contribution in [3.05, 3.63) is 41.9 Å². The van der Waals surface area contributed by atoms with Gasteiger partial charge in [-0.1, -0.05) is 6.92 Å². The Hall–Kier alpha value is -1.46. The number of aromatic nitrogens is 3. The van der Waals surface area contributed by atoms with Gasteiger partial charge in [-0.15, -0.1) is 0 Å². The molecule has 0 spiro atoms. The van der Waals surface area contributed by atoms with Crippen molar-refractivity contribution in [3.8, 4) is 0 Å². The first-order valence-corrected chi connectivity index (χ1v) is 7.66. The molecule has 0 aliphatic rings. The molecule has 0 amide bonds. The number of hydrogen-bond acceptors (Lipinski definition) is 5. The van der Waals surface area contributed by atoms with E-state index in [1.807, 2.05) is 31.6 Å². The molecular formula is C15H20N4S. The Morgan fingerprint density at radius 1 is 1.25 bits per heavy atom. The number of rotatable bonds is 6. The van der Waals surface area contributed by atoms with Crippen molar-refractivity contribution >= 4 is 11.8 Å². The third-order valence-electron chi connectivity index (χ3n) is 2.91. The SMILES string of the molecule is CCCNC(C)c1ccnc(Sc2ncc(C)cn2)c1. The molecular weight excluding hydrogens is 268 g/mol. The van der Waals surface area contributed by atoms with Crippen LogP contribution in [0, 0.1) is 6.92 Å². The lowest BCUT2D eigenvalue weighted by molar-refractivity contribution is 0.569. The molecule has 4 nitrogen and oxygen atoms in total. The number of hydrogen-bond donors (Lipinski definition) is 1. The lowest BCUT2D eigenvalue weighted by Crippen LogP contribution is -2.19. The first kappa shape index (κ1) is 14.9. The Morgan fingerprint density at radius 3 is 2.70 bits per heavy atom. The van der Waals surface area contributed by atoms with E-state index in [2.05, 4.69) is 40.2 Å². The van der Waals surface area contributed by atoms with Crippen LogP contribution in [0.2, 0.25) is 0 Å². The van der Waals surface area contributed by atoms with Gasteiger partial charge in [-0.05, 0) is 61.8 Å². The van der Waals surface area contributed by atoms with E-state index in [1.165, 1.54) is 17.3 Å². The summed E-state index contributed by atoms with van der Waals surface area (Å²) in [5.41, 5.74) is 2.30. The number of pyridine rings is 1. The van der Waals surface area contributed by atoms with Crippen molar-refractivity contribution in [2.45, 2.75) is 43.4 Å². The molecule has 2 aromatic heterocycles. The zero-order chi connectivity index (χ0) is 14.4. The summed E-state index contributed by atoms with van der Waals surface area (Å²) >= 11 is 1.49. The molecule has 0 aliphatic heterocycles. The van der Waals surface area contributed by atoms with Gasteiger partial charge in [-0.25, -0.2) is 15.0 Å². The molecule has 0 radical (unpaired) electrons. The molecule has 106 valence electrons. The van der Waals surface area contributed by atoms with E-state index in [-0.39, 0.29) is 0 Å². The molecule has 0 aliphatic carbocycles. The van der Waals surface area contributed by atoms with E-state index < -0.39 is 0 Å². The van der Waals surface area contributed by atoms with E-state index in [0.29, 0.717) is 6.04 Å². The van der Waals surface area contributed by atoms with E-state index >= 15 is 0 Å². The predicted molar refractivity (Wildman–Crippen MR) is 81.8 cm³/mol. The maximum atomic E-state index is 4.37. The molecule has 0 bridgehead atoms. The lowest BCUT2D eigenvalue weighted by atomic mass is 10.1. The Kier molecular flexibility index (Phi) is 5.49. The zero-order valence-corrected chi connectivity index (χ0v) is 12.9. The molecule has 0 saturated carbocycles. The Balaban J connectivity index is 2.07. The smallest absolute Gasteiger partial charge is 0.193 e. The van der Waals surface area contributed by atoms with Crippen molar-refractivity contribution in [2.75, 3.05) is 6.54 Å². The minimum absolute atomic E-state index is 0.330. The normalized spacial score (nSPS) is 12.3. The van der Waals surface area contributed by atoms with Gasteiger partial charge in [0.2, 0.25) is 0 Å². The van der Waals surface area contributed by atoms with Crippen LogP contribution in [0.5, 0.6) is 0 Å². The highest BCUT2D eigenvalue weighted by atomic mass is 32.2. The van der Waals surface area contributed by atoms with E-state index in [0.717, 1.165) is 28.7 Å². The summed E-state index contributed by atoms with van der Waals surface area (Å²) < 4.78 is 0. The molecule has 1 unspecified atom stereocenters. The lowest BCUT2D eigenvalue weighted by Gasteiger charge is -2.13. The van der Waals surface area contributed by atoms with Gasteiger partial charge in [0, 0.05) is 24.6 Å². The average molecular weight is 288 g/mol. The van der Waals surface area contributed by atoms with Gasteiger partial charge in [-0.3, -0.25) is 0 Å². The van der Waals surface area contributed by atoms with Crippen LogP contribution in [0.15, 0.2) is 40.9 Å². The summed E-state index contributed by atoms with van der Waals surface area (Å²) in [4.78, 5) is 13.0. The molecule has 0 saturated heterocycles. The third-order valence-corrected chi connectivity index (χ3v) is 3.74. The van der Waals surface area contributed by atoms with Crippen LogP contribution >= 0.6 is 11.8 Å².